The highest BCUT2D eigenvalue weighted by Crippen LogP contribution is 2.28. The number of aliphatic hydroxyl groups is 1. The molecular formula is C20H27ClN2O2S. The summed E-state index contributed by atoms with van der Waals surface area (Å²) < 4.78 is 0. The van der Waals surface area contributed by atoms with Gasteiger partial charge in [0.2, 0.25) is 5.91 Å². The number of thiophene rings is 1. The Balaban J connectivity index is 0.00000243. The highest BCUT2D eigenvalue weighted by Gasteiger charge is 2.29. The van der Waals surface area contributed by atoms with E-state index < -0.39 is 6.10 Å². The third-order valence-corrected chi connectivity index (χ3v) is 5.96. The molecule has 1 saturated carbocycles. The number of aliphatic hydroxyl groups excluding tert-OH is 1. The van der Waals surface area contributed by atoms with E-state index in [2.05, 4.69) is 0 Å². The van der Waals surface area contributed by atoms with Gasteiger partial charge in [-0.05, 0) is 35.8 Å². The number of benzene rings is 1. The lowest BCUT2D eigenvalue weighted by Gasteiger charge is -2.27. The van der Waals surface area contributed by atoms with Crippen molar-refractivity contribution in [2.45, 2.75) is 44.4 Å². The number of hydrogen-bond donors (Lipinski definition) is 2. The summed E-state index contributed by atoms with van der Waals surface area (Å²) in [5.74, 6) is 0.353. The first-order valence-corrected chi connectivity index (χ1v) is 9.80. The molecular weight excluding hydrogens is 368 g/mol. The maximum Gasteiger partial charge on any atom is 0.223 e. The lowest BCUT2D eigenvalue weighted by atomic mass is 9.99. The van der Waals surface area contributed by atoms with E-state index in [1.165, 1.54) is 11.3 Å². The third kappa shape index (κ3) is 5.55. The molecule has 1 amide bonds. The van der Waals surface area contributed by atoms with E-state index >= 15 is 0 Å². The maximum absolute atomic E-state index is 12.9. The second kappa shape index (κ2) is 10.1. The van der Waals surface area contributed by atoms with Crippen LogP contribution in [0.15, 0.2) is 47.8 Å². The van der Waals surface area contributed by atoms with Crippen LogP contribution in [0, 0.1) is 5.92 Å². The molecule has 1 unspecified atom stereocenters. The zero-order valence-electron chi connectivity index (χ0n) is 14.8. The topological polar surface area (TPSA) is 66.6 Å². The van der Waals surface area contributed by atoms with Gasteiger partial charge in [0.1, 0.15) is 6.10 Å². The first kappa shape index (κ1) is 20.9. The lowest BCUT2D eigenvalue weighted by molar-refractivity contribution is -0.134. The van der Waals surface area contributed by atoms with Gasteiger partial charge < -0.3 is 15.7 Å². The average molecular weight is 395 g/mol. The number of carbonyl (C=O) groups is 1. The van der Waals surface area contributed by atoms with E-state index in [0.29, 0.717) is 19.5 Å². The third-order valence-electron chi connectivity index (χ3n) is 4.99. The Labute approximate surface area is 165 Å². The summed E-state index contributed by atoms with van der Waals surface area (Å²) in [5.41, 5.74) is 7.21. The van der Waals surface area contributed by atoms with Crippen LogP contribution in [-0.2, 0) is 11.3 Å². The molecule has 1 aromatic heterocycles. The fourth-order valence-corrected chi connectivity index (χ4v) is 4.21. The van der Waals surface area contributed by atoms with Crippen LogP contribution < -0.4 is 5.73 Å². The molecule has 4 nitrogen and oxygen atoms in total. The van der Waals surface area contributed by atoms with Crippen molar-refractivity contribution in [3.63, 3.8) is 0 Å². The average Bonchev–Trinajstić information content (AvgIpc) is 3.28. The van der Waals surface area contributed by atoms with Crippen molar-refractivity contribution in [3.05, 3.63) is 58.3 Å². The first-order valence-electron chi connectivity index (χ1n) is 8.92. The number of rotatable bonds is 7. The minimum absolute atomic E-state index is 0. The lowest BCUT2D eigenvalue weighted by Crippen LogP contribution is -2.37. The zero-order chi connectivity index (χ0) is 17.6. The Kier molecular flexibility index (Phi) is 8.10. The molecule has 0 saturated heterocycles. The molecule has 3 atom stereocenters. The Morgan fingerprint density at radius 2 is 2.00 bits per heavy atom. The number of nitrogens with zero attached hydrogens (tertiary/aromatic N) is 1. The zero-order valence-corrected chi connectivity index (χ0v) is 16.4. The quantitative estimate of drug-likeness (QED) is 0.751. The molecule has 1 aliphatic carbocycles. The molecule has 0 aliphatic heterocycles. The second-order valence-electron chi connectivity index (χ2n) is 6.85. The number of nitrogens with two attached hydrogens (primary N) is 1. The van der Waals surface area contributed by atoms with Gasteiger partial charge >= 0.3 is 0 Å². The van der Waals surface area contributed by atoms with Gasteiger partial charge in [-0.1, -0.05) is 42.8 Å². The molecule has 6 heteroatoms. The normalized spacial score (nSPS) is 20.4. The van der Waals surface area contributed by atoms with Crippen LogP contribution in [0.25, 0.3) is 0 Å². The van der Waals surface area contributed by atoms with Gasteiger partial charge in [-0.2, -0.15) is 0 Å². The molecule has 3 N–H and O–H groups in total. The van der Waals surface area contributed by atoms with Gasteiger partial charge in [0.15, 0.2) is 0 Å². The van der Waals surface area contributed by atoms with Crippen molar-refractivity contribution in [3.8, 4) is 0 Å². The van der Waals surface area contributed by atoms with Crippen LogP contribution in [0.3, 0.4) is 0 Å². The van der Waals surface area contributed by atoms with Crippen LogP contribution in [0.1, 0.15) is 42.2 Å². The van der Waals surface area contributed by atoms with Crippen LogP contribution in [0.5, 0.6) is 0 Å². The molecule has 0 bridgehead atoms. The van der Waals surface area contributed by atoms with Crippen molar-refractivity contribution in [2.24, 2.45) is 11.7 Å². The van der Waals surface area contributed by atoms with E-state index in [0.717, 1.165) is 29.7 Å². The molecule has 1 aliphatic rings. The van der Waals surface area contributed by atoms with Crippen LogP contribution in [0.4, 0.5) is 0 Å². The van der Waals surface area contributed by atoms with Gasteiger partial charge in [0.05, 0.1) is 6.54 Å². The summed E-state index contributed by atoms with van der Waals surface area (Å²) in [7, 11) is 0. The summed E-state index contributed by atoms with van der Waals surface area (Å²) in [5, 5.41) is 12.5. The fraction of sp³-hybridized carbons (Fsp3) is 0.450. The van der Waals surface area contributed by atoms with Crippen molar-refractivity contribution in [2.75, 3.05) is 6.54 Å². The molecule has 0 spiro atoms. The summed E-state index contributed by atoms with van der Waals surface area (Å²) in [4.78, 5) is 15.6. The molecule has 0 radical (unpaired) electrons. The van der Waals surface area contributed by atoms with Gasteiger partial charge in [-0.15, -0.1) is 23.7 Å². The number of hydrogen-bond acceptors (Lipinski definition) is 4. The standard InChI is InChI=1S/C20H26N2O2S.ClH/c21-17-9-4-8-16(17)12-20(24)22(13-15-6-2-1-3-7-15)14-18(23)19-10-5-11-25-19;/h1-3,5-7,10-11,16-18,23H,4,8-9,12-14,21H2;1H/t16-,17+,18?;/m0./s1. The SMILES string of the molecule is Cl.N[C@@H]1CCC[C@H]1CC(=O)N(Cc1ccccc1)CC(O)c1cccs1. The smallest absolute Gasteiger partial charge is 0.223 e. The number of carbonyl (C=O) groups excluding carboxylic acids is 1. The van der Waals surface area contributed by atoms with Crippen LogP contribution in [-0.4, -0.2) is 28.5 Å². The molecule has 1 aromatic carbocycles. The Hall–Kier alpha value is -1.40. The van der Waals surface area contributed by atoms with Crippen molar-refractivity contribution < 1.29 is 9.90 Å². The summed E-state index contributed by atoms with van der Waals surface area (Å²) in [6.07, 6.45) is 2.97. The number of halogens is 1. The van der Waals surface area contributed by atoms with Crippen LogP contribution in [0.2, 0.25) is 0 Å². The van der Waals surface area contributed by atoms with E-state index in [9.17, 15) is 9.90 Å². The highest BCUT2D eigenvalue weighted by molar-refractivity contribution is 7.10. The van der Waals surface area contributed by atoms with Gasteiger partial charge in [0.25, 0.3) is 0 Å². The van der Waals surface area contributed by atoms with Gasteiger partial charge in [-0.25, -0.2) is 0 Å². The van der Waals surface area contributed by atoms with Crippen molar-refractivity contribution in [1.29, 1.82) is 0 Å². The van der Waals surface area contributed by atoms with Gasteiger partial charge in [0, 0.05) is 23.9 Å². The van der Waals surface area contributed by atoms with E-state index in [4.69, 9.17) is 5.73 Å². The monoisotopic (exact) mass is 394 g/mol. The second-order valence-corrected chi connectivity index (χ2v) is 7.83. The van der Waals surface area contributed by atoms with E-state index in [1.807, 2.05) is 47.8 Å². The summed E-state index contributed by atoms with van der Waals surface area (Å²) in [6.45, 7) is 0.834. The molecule has 26 heavy (non-hydrogen) atoms. The molecule has 3 rings (SSSR count). The predicted molar refractivity (Wildman–Crippen MR) is 108 cm³/mol. The molecule has 1 heterocycles. The predicted octanol–water partition coefficient (Wildman–Crippen LogP) is 3.75. The van der Waals surface area contributed by atoms with Gasteiger partial charge in [-0.3, -0.25) is 4.79 Å². The van der Waals surface area contributed by atoms with Crippen molar-refractivity contribution >= 4 is 29.7 Å². The van der Waals surface area contributed by atoms with Crippen molar-refractivity contribution in [1.82, 2.24) is 4.90 Å². The minimum atomic E-state index is -0.648. The van der Waals surface area contributed by atoms with Crippen LogP contribution >= 0.6 is 23.7 Å². The first-order chi connectivity index (χ1) is 12.1. The molecule has 2 aromatic rings. The number of amides is 1. The summed E-state index contributed by atoms with van der Waals surface area (Å²) >= 11 is 1.52. The fourth-order valence-electron chi connectivity index (χ4n) is 3.51. The highest BCUT2D eigenvalue weighted by atomic mass is 35.5. The van der Waals surface area contributed by atoms with E-state index in [-0.39, 0.29) is 30.3 Å². The Morgan fingerprint density at radius 3 is 2.62 bits per heavy atom. The maximum atomic E-state index is 12.9. The van der Waals surface area contributed by atoms with E-state index in [1.54, 1.807) is 4.90 Å². The molecule has 1 fully saturated rings. The Morgan fingerprint density at radius 1 is 1.23 bits per heavy atom. The summed E-state index contributed by atoms with van der Waals surface area (Å²) in [6, 6.07) is 13.9. The largest absolute Gasteiger partial charge is 0.386 e. The minimum Gasteiger partial charge on any atom is -0.386 e. The molecule has 142 valence electrons. The Bertz CT molecular complexity index is 666.